The molecule has 16 heavy (non-hydrogen) atoms. The minimum Gasteiger partial charge on any atom is -0.480 e. The lowest BCUT2D eigenvalue weighted by Crippen LogP contribution is -2.45. The van der Waals surface area contributed by atoms with Crippen LogP contribution in [0.1, 0.15) is 6.92 Å². The zero-order chi connectivity index (χ0) is 12.6. The van der Waals surface area contributed by atoms with Gasteiger partial charge < -0.3 is 26.2 Å². The Balaban J connectivity index is 3.51. The molecule has 0 bridgehead atoms. The van der Waals surface area contributed by atoms with Crippen LogP contribution >= 0.6 is 0 Å². The molecule has 0 saturated carbocycles. The second-order valence-corrected chi connectivity index (χ2v) is 2.98. The van der Waals surface area contributed by atoms with Gasteiger partial charge in [-0.1, -0.05) is 0 Å². The largest absolute Gasteiger partial charge is 0.480 e. The quantitative estimate of drug-likeness (QED) is 0.388. The topological polar surface area (TPSA) is 131 Å². The van der Waals surface area contributed by atoms with Crippen molar-refractivity contribution in [3.05, 3.63) is 0 Å². The molecule has 3 amide bonds. The van der Waals surface area contributed by atoms with E-state index in [1.54, 1.807) is 0 Å². The van der Waals surface area contributed by atoms with E-state index in [4.69, 9.17) is 15.6 Å². The van der Waals surface area contributed by atoms with Crippen LogP contribution in [0.25, 0.3) is 0 Å². The van der Waals surface area contributed by atoms with E-state index in [1.165, 1.54) is 6.92 Å². The molecule has 0 unspecified atom stereocenters. The molecular weight excluding hydrogens is 218 g/mol. The average Bonchev–Trinajstić information content (AvgIpc) is 2.16. The van der Waals surface area contributed by atoms with Gasteiger partial charge >= 0.3 is 12.0 Å². The fraction of sp³-hybridized carbons (Fsp3) is 0.625. The molecule has 0 aromatic rings. The van der Waals surface area contributed by atoms with Crippen molar-refractivity contribution in [3.63, 3.8) is 0 Å². The summed E-state index contributed by atoms with van der Waals surface area (Å²) in [7, 11) is 0. The first-order chi connectivity index (χ1) is 7.43. The number of urea groups is 1. The van der Waals surface area contributed by atoms with Crippen molar-refractivity contribution in [2.45, 2.75) is 13.0 Å². The molecule has 0 aliphatic rings. The lowest BCUT2D eigenvalue weighted by molar-refractivity contribution is -0.138. The molecule has 1 atom stereocenters. The SMILES string of the molecule is C[C@H](NC(=O)NCCOCC(N)=O)C(=O)O. The summed E-state index contributed by atoms with van der Waals surface area (Å²) in [6.07, 6.45) is 0. The number of primary amides is 1. The highest BCUT2D eigenvalue weighted by atomic mass is 16.5. The van der Waals surface area contributed by atoms with Crippen molar-refractivity contribution in [2.24, 2.45) is 5.73 Å². The summed E-state index contributed by atoms with van der Waals surface area (Å²) >= 11 is 0. The van der Waals surface area contributed by atoms with E-state index in [9.17, 15) is 14.4 Å². The Morgan fingerprint density at radius 2 is 2.06 bits per heavy atom. The third-order valence-electron chi connectivity index (χ3n) is 1.49. The van der Waals surface area contributed by atoms with Crippen molar-refractivity contribution in [1.82, 2.24) is 10.6 Å². The molecule has 5 N–H and O–H groups in total. The maximum Gasteiger partial charge on any atom is 0.325 e. The Bertz CT molecular complexity index is 268. The Kier molecular flexibility index (Phi) is 6.61. The molecular formula is C8H15N3O5. The molecule has 0 heterocycles. The lowest BCUT2D eigenvalue weighted by atomic mass is 10.3. The van der Waals surface area contributed by atoms with E-state index in [1.807, 2.05) is 0 Å². The van der Waals surface area contributed by atoms with E-state index in [2.05, 4.69) is 10.6 Å². The standard InChI is InChI=1S/C8H15N3O5/c1-5(7(13)14)11-8(15)10-2-3-16-4-6(9)12/h5H,2-4H2,1H3,(H2,9,12)(H,13,14)(H2,10,11,15)/t5-/m0/s1. The maximum atomic E-state index is 11.0. The van der Waals surface area contributed by atoms with Gasteiger partial charge in [-0.25, -0.2) is 4.79 Å². The first kappa shape index (κ1) is 14.2. The number of amides is 3. The highest BCUT2D eigenvalue weighted by Gasteiger charge is 2.12. The van der Waals surface area contributed by atoms with Gasteiger partial charge in [-0.15, -0.1) is 0 Å². The Labute approximate surface area is 92.1 Å². The molecule has 0 aromatic carbocycles. The average molecular weight is 233 g/mol. The van der Waals surface area contributed by atoms with Gasteiger partial charge in [-0.05, 0) is 6.92 Å². The van der Waals surface area contributed by atoms with Gasteiger partial charge in [-0.3, -0.25) is 9.59 Å². The van der Waals surface area contributed by atoms with Crippen LogP contribution in [-0.4, -0.2) is 48.8 Å². The molecule has 0 saturated heterocycles. The van der Waals surface area contributed by atoms with Gasteiger partial charge in [0.2, 0.25) is 5.91 Å². The number of nitrogens with one attached hydrogen (secondary N) is 2. The number of hydrogen-bond acceptors (Lipinski definition) is 4. The van der Waals surface area contributed by atoms with Crippen molar-refractivity contribution >= 4 is 17.9 Å². The normalized spacial score (nSPS) is 11.6. The van der Waals surface area contributed by atoms with Crippen LogP contribution in [0, 0.1) is 0 Å². The van der Waals surface area contributed by atoms with Gasteiger partial charge in [-0.2, -0.15) is 0 Å². The van der Waals surface area contributed by atoms with Crippen LogP contribution in [0.3, 0.4) is 0 Å². The monoisotopic (exact) mass is 233 g/mol. The van der Waals surface area contributed by atoms with Gasteiger partial charge in [0.25, 0.3) is 0 Å². The number of carboxylic acid groups (broad SMARTS) is 1. The Morgan fingerprint density at radius 3 is 2.56 bits per heavy atom. The molecule has 0 aliphatic carbocycles. The molecule has 0 rings (SSSR count). The third kappa shape index (κ3) is 7.56. The molecule has 92 valence electrons. The van der Waals surface area contributed by atoms with Crippen LogP contribution in [0.15, 0.2) is 0 Å². The van der Waals surface area contributed by atoms with Crippen LogP contribution in [-0.2, 0) is 14.3 Å². The Hall–Kier alpha value is -1.83. The lowest BCUT2D eigenvalue weighted by Gasteiger charge is -2.10. The van der Waals surface area contributed by atoms with E-state index in [0.29, 0.717) is 0 Å². The van der Waals surface area contributed by atoms with E-state index in [-0.39, 0.29) is 19.8 Å². The number of hydrogen-bond donors (Lipinski definition) is 4. The van der Waals surface area contributed by atoms with Crippen molar-refractivity contribution < 1.29 is 24.2 Å². The fourth-order valence-corrected chi connectivity index (χ4v) is 0.719. The number of rotatable bonds is 7. The summed E-state index contributed by atoms with van der Waals surface area (Å²) in [6.45, 7) is 1.41. The second-order valence-electron chi connectivity index (χ2n) is 2.98. The van der Waals surface area contributed by atoms with Crippen LogP contribution in [0.5, 0.6) is 0 Å². The molecule has 0 fully saturated rings. The molecule has 0 spiro atoms. The molecule has 0 aromatic heterocycles. The van der Waals surface area contributed by atoms with Gasteiger partial charge in [0.1, 0.15) is 12.6 Å². The number of ether oxygens (including phenoxy) is 1. The first-order valence-electron chi connectivity index (χ1n) is 4.56. The zero-order valence-electron chi connectivity index (χ0n) is 8.86. The van der Waals surface area contributed by atoms with Gasteiger partial charge in [0.05, 0.1) is 6.61 Å². The van der Waals surface area contributed by atoms with Crippen LogP contribution in [0.2, 0.25) is 0 Å². The fourth-order valence-electron chi connectivity index (χ4n) is 0.719. The number of carbonyl (C=O) groups excluding carboxylic acids is 2. The molecule has 8 heteroatoms. The van der Waals surface area contributed by atoms with Crippen molar-refractivity contribution in [1.29, 1.82) is 0 Å². The summed E-state index contributed by atoms with van der Waals surface area (Å²) < 4.78 is 4.76. The molecule has 0 aliphatic heterocycles. The summed E-state index contributed by atoms with van der Waals surface area (Å²) in [5.41, 5.74) is 4.80. The van der Waals surface area contributed by atoms with E-state index < -0.39 is 23.9 Å². The van der Waals surface area contributed by atoms with Gasteiger partial charge in [0.15, 0.2) is 0 Å². The number of aliphatic carboxylic acids is 1. The predicted octanol–water partition coefficient (Wildman–Crippen LogP) is -1.74. The van der Waals surface area contributed by atoms with Crippen molar-refractivity contribution in [3.8, 4) is 0 Å². The summed E-state index contributed by atoms with van der Waals surface area (Å²) in [5.74, 6) is -1.72. The van der Waals surface area contributed by atoms with Crippen molar-refractivity contribution in [2.75, 3.05) is 19.8 Å². The first-order valence-corrected chi connectivity index (χ1v) is 4.56. The minimum atomic E-state index is -1.12. The second kappa shape index (κ2) is 7.46. The van der Waals surface area contributed by atoms with Crippen LogP contribution < -0.4 is 16.4 Å². The Morgan fingerprint density at radius 1 is 1.44 bits per heavy atom. The molecule has 0 radical (unpaired) electrons. The number of carboxylic acids is 1. The minimum absolute atomic E-state index is 0.123. The van der Waals surface area contributed by atoms with E-state index in [0.717, 1.165) is 0 Å². The third-order valence-corrected chi connectivity index (χ3v) is 1.49. The summed E-state index contributed by atoms with van der Waals surface area (Å²) in [5, 5.41) is 13.0. The predicted molar refractivity (Wildman–Crippen MR) is 53.6 cm³/mol. The van der Waals surface area contributed by atoms with E-state index >= 15 is 0 Å². The van der Waals surface area contributed by atoms with Crippen LogP contribution in [0.4, 0.5) is 4.79 Å². The summed E-state index contributed by atoms with van der Waals surface area (Å²) in [6, 6.07) is -1.58. The highest BCUT2D eigenvalue weighted by Crippen LogP contribution is 1.80. The number of carbonyl (C=O) groups is 3. The summed E-state index contributed by atoms with van der Waals surface area (Å²) in [4.78, 5) is 31.6. The maximum absolute atomic E-state index is 11.0. The van der Waals surface area contributed by atoms with Gasteiger partial charge in [0, 0.05) is 6.54 Å². The molecule has 8 nitrogen and oxygen atoms in total. The number of nitrogens with two attached hydrogens (primary N) is 1. The smallest absolute Gasteiger partial charge is 0.325 e. The highest BCUT2D eigenvalue weighted by molar-refractivity contribution is 5.82. The zero-order valence-corrected chi connectivity index (χ0v) is 8.86.